The summed E-state index contributed by atoms with van der Waals surface area (Å²) >= 11 is 0. The zero-order valence-electron chi connectivity index (χ0n) is 8.34. The number of carbonyl (C=O) groups excluding carboxylic acids is 1. The molecule has 0 aliphatic carbocycles. The molecule has 1 amide bonds. The van der Waals surface area contributed by atoms with Gasteiger partial charge in [0.05, 0.1) is 5.41 Å². The van der Waals surface area contributed by atoms with Crippen molar-refractivity contribution in [2.75, 3.05) is 20.1 Å². The lowest BCUT2D eigenvalue weighted by Gasteiger charge is -2.37. The molecule has 0 unspecified atom stereocenters. The summed E-state index contributed by atoms with van der Waals surface area (Å²) in [5.41, 5.74) is 1.45. The third-order valence-electron chi connectivity index (χ3n) is 3.20. The van der Waals surface area contributed by atoms with Gasteiger partial charge in [0.25, 0.3) is 0 Å². The number of rotatable bonds is 2. The van der Waals surface area contributed by atoms with Gasteiger partial charge in [0, 0.05) is 0 Å². The van der Waals surface area contributed by atoms with Crippen LogP contribution in [0.2, 0.25) is 0 Å². The molecule has 13 heavy (non-hydrogen) atoms. The van der Waals surface area contributed by atoms with E-state index >= 15 is 0 Å². The summed E-state index contributed by atoms with van der Waals surface area (Å²) in [5, 5.41) is 8.64. The average Bonchev–Trinajstić information content (AvgIpc) is 2.18. The molecule has 0 bridgehead atoms. The Labute approximate surface area is 78.9 Å². The predicted octanol–water partition coefficient (Wildman–Crippen LogP) is 0.614. The largest absolute Gasteiger partial charge is 0.306 e. The molecule has 1 aliphatic rings. The van der Waals surface area contributed by atoms with Gasteiger partial charge in [0.15, 0.2) is 0 Å². The molecule has 1 saturated heterocycles. The van der Waals surface area contributed by atoms with Crippen LogP contribution >= 0.6 is 0 Å². The summed E-state index contributed by atoms with van der Waals surface area (Å²) in [4.78, 5) is 13.7. The number of likely N-dealkylation sites (tertiary alicyclic amines) is 1. The molecular weight excluding hydrogens is 168 g/mol. The molecule has 4 heteroatoms. The maximum atomic E-state index is 11.4. The zero-order valence-corrected chi connectivity index (χ0v) is 8.34. The molecule has 0 radical (unpaired) electrons. The van der Waals surface area contributed by atoms with Crippen LogP contribution in [0.25, 0.3) is 0 Å². The van der Waals surface area contributed by atoms with Gasteiger partial charge in [-0.15, -0.1) is 0 Å². The van der Waals surface area contributed by atoms with Crippen LogP contribution in [-0.4, -0.2) is 36.2 Å². The maximum absolute atomic E-state index is 11.4. The second-order valence-electron chi connectivity index (χ2n) is 3.88. The minimum absolute atomic E-state index is 0.219. The minimum Gasteiger partial charge on any atom is -0.306 e. The van der Waals surface area contributed by atoms with Gasteiger partial charge in [-0.3, -0.25) is 10.0 Å². The Hall–Kier alpha value is -0.610. The lowest BCUT2D eigenvalue weighted by Crippen LogP contribution is -2.46. The Balaban J connectivity index is 2.65. The van der Waals surface area contributed by atoms with Gasteiger partial charge in [-0.1, -0.05) is 6.92 Å². The second kappa shape index (κ2) is 4.07. The lowest BCUT2D eigenvalue weighted by molar-refractivity contribution is -0.142. The molecule has 0 aromatic heterocycles. The van der Waals surface area contributed by atoms with Crippen molar-refractivity contribution in [3.63, 3.8) is 0 Å². The van der Waals surface area contributed by atoms with E-state index in [1.165, 1.54) is 0 Å². The van der Waals surface area contributed by atoms with Crippen LogP contribution in [0.15, 0.2) is 0 Å². The van der Waals surface area contributed by atoms with Crippen molar-refractivity contribution in [1.82, 2.24) is 10.4 Å². The standard InChI is InChI=1S/C9H18N2O2/c1-3-9(8(12)10-13)4-6-11(2)7-5-9/h13H,3-7H2,1-2H3,(H,10,12). The van der Waals surface area contributed by atoms with E-state index in [-0.39, 0.29) is 11.3 Å². The average molecular weight is 186 g/mol. The SMILES string of the molecule is CCC1(C(=O)NO)CCN(C)CC1. The first kappa shape index (κ1) is 10.5. The highest BCUT2D eigenvalue weighted by Gasteiger charge is 2.38. The molecule has 4 nitrogen and oxygen atoms in total. The number of hydroxylamine groups is 1. The zero-order chi connectivity index (χ0) is 9.90. The van der Waals surface area contributed by atoms with E-state index in [1.54, 1.807) is 5.48 Å². The normalized spacial score (nSPS) is 22.7. The molecule has 1 aliphatic heterocycles. The number of hydrogen-bond acceptors (Lipinski definition) is 3. The quantitative estimate of drug-likeness (QED) is 0.491. The van der Waals surface area contributed by atoms with E-state index in [1.807, 2.05) is 6.92 Å². The van der Waals surface area contributed by atoms with Crippen molar-refractivity contribution in [3.05, 3.63) is 0 Å². The third-order valence-corrected chi connectivity index (χ3v) is 3.20. The second-order valence-corrected chi connectivity index (χ2v) is 3.88. The van der Waals surface area contributed by atoms with E-state index in [2.05, 4.69) is 11.9 Å². The van der Waals surface area contributed by atoms with Crippen molar-refractivity contribution >= 4 is 5.91 Å². The fourth-order valence-corrected chi connectivity index (χ4v) is 1.91. The summed E-state index contributed by atoms with van der Waals surface area (Å²) in [6, 6.07) is 0. The molecule has 0 spiro atoms. The van der Waals surface area contributed by atoms with Crippen LogP contribution in [-0.2, 0) is 4.79 Å². The van der Waals surface area contributed by atoms with Crippen LogP contribution < -0.4 is 5.48 Å². The van der Waals surface area contributed by atoms with Crippen LogP contribution in [0, 0.1) is 5.41 Å². The fraction of sp³-hybridized carbons (Fsp3) is 0.889. The van der Waals surface area contributed by atoms with Crippen LogP contribution in [0.5, 0.6) is 0 Å². The van der Waals surface area contributed by atoms with E-state index in [0.29, 0.717) is 0 Å². The van der Waals surface area contributed by atoms with Gasteiger partial charge >= 0.3 is 0 Å². The molecule has 2 N–H and O–H groups in total. The topological polar surface area (TPSA) is 52.6 Å². The molecule has 0 saturated carbocycles. The van der Waals surface area contributed by atoms with Crippen molar-refractivity contribution in [3.8, 4) is 0 Å². The first-order valence-electron chi connectivity index (χ1n) is 4.78. The van der Waals surface area contributed by atoms with Gasteiger partial charge in [-0.25, -0.2) is 5.48 Å². The Morgan fingerprint density at radius 3 is 2.46 bits per heavy atom. The summed E-state index contributed by atoms with van der Waals surface area (Å²) < 4.78 is 0. The van der Waals surface area contributed by atoms with Crippen LogP contribution in [0.4, 0.5) is 0 Å². The molecule has 0 aromatic rings. The Morgan fingerprint density at radius 2 is 2.08 bits per heavy atom. The smallest absolute Gasteiger partial charge is 0.249 e. The highest BCUT2D eigenvalue weighted by Crippen LogP contribution is 2.34. The lowest BCUT2D eigenvalue weighted by atomic mass is 9.75. The van der Waals surface area contributed by atoms with Crippen LogP contribution in [0.3, 0.4) is 0 Å². The Morgan fingerprint density at radius 1 is 1.54 bits per heavy atom. The molecular formula is C9H18N2O2. The van der Waals surface area contributed by atoms with Gasteiger partial charge in [-0.2, -0.15) is 0 Å². The molecule has 1 heterocycles. The third kappa shape index (κ3) is 2.00. The predicted molar refractivity (Wildman–Crippen MR) is 49.4 cm³/mol. The number of nitrogens with zero attached hydrogens (tertiary/aromatic N) is 1. The fourth-order valence-electron chi connectivity index (χ4n) is 1.91. The van der Waals surface area contributed by atoms with Gasteiger partial charge in [0.2, 0.25) is 5.91 Å². The molecule has 76 valence electrons. The molecule has 1 rings (SSSR count). The van der Waals surface area contributed by atoms with E-state index in [0.717, 1.165) is 32.4 Å². The van der Waals surface area contributed by atoms with Crippen molar-refractivity contribution in [2.24, 2.45) is 5.41 Å². The number of hydrogen-bond donors (Lipinski definition) is 2. The Kier molecular flexibility index (Phi) is 3.27. The van der Waals surface area contributed by atoms with Crippen molar-refractivity contribution < 1.29 is 10.0 Å². The van der Waals surface area contributed by atoms with Gasteiger partial charge in [0.1, 0.15) is 0 Å². The highest BCUT2D eigenvalue weighted by atomic mass is 16.5. The molecule has 0 aromatic carbocycles. The monoisotopic (exact) mass is 186 g/mol. The summed E-state index contributed by atoms with van der Waals surface area (Å²) in [6.45, 7) is 3.86. The summed E-state index contributed by atoms with van der Waals surface area (Å²) in [6.07, 6.45) is 2.48. The minimum atomic E-state index is -0.332. The molecule has 1 fully saturated rings. The summed E-state index contributed by atoms with van der Waals surface area (Å²) in [5.74, 6) is -0.219. The van der Waals surface area contributed by atoms with Crippen molar-refractivity contribution in [2.45, 2.75) is 26.2 Å². The first-order valence-corrected chi connectivity index (χ1v) is 4.78. The number of carbonyl (C=O) groups is 1. The Bertz CT molecular complexity index is 186. The number of nitrogens with one attached hydrogen (secondary N) is 1. The number of piperidine rings is 1. The number of amides is 1. The van der Waals surface area contributed by atoms with Gasteiger partial charge < -0.3 is 4.90 Å². The maximum Gasteiger partial charge on any atom is 0.249 e. The molecule has 0 atom stereocenters. The van der Waals surface area contributed by atoms with Crippen molar-refractivity contribution in [1.29, 1.82) is 0 Å². The first-order chi connectivity index (χ1) is 6.14. The van der Waals surface area contributed by atoms with E-state index < -0.39 is 0 Å². The summed E-state index contributed by atoms with van der Waals surface area (Å²) in [7, 11) is 2.05. The van der Waals surface area contributed by atoms with E-state index in [9.17, 15) is 4.79 Å². The van der Waals surface area contributed by atoms with E-state index in [4.69, 9.17) is 5.21 Å². The van der Waals surface area contributed by atoms with Gasteiger partial charge in [-0.05, 0) is 39.4 Å². The van der Waals surface area contributed by atoms with Crippen LogP contribution in [0.1, 0.15) is 26.2 Å². The highest BCUT2D eigenvalue weighted by molar-refractivity contribution is 5.81.